The van der Waals surface area contributed by atoms with Gasteiger partial charge in [0.25, 0.3) is 5.91 Å². The summed E-state index contributed by atoms with van der Waals surface area (Å²) < 4.78 is 6.83. The molecule has 0 radical (unpaired) electrons. The molecule has 0 atom stereocenters. The SMILES string of the molecule is COc1ccc(NC(=O)c2cnn(-c3ccccc3)c2)cc1NC(C)=O. The van der Waals surface area contributed by atoms with Crippen LogP contribution in [-0.2, 0) is 4.79 Å². The van der Waals surface area contributed by atoms with Crippen LogP contribution >= 0.6 is 0 Å². The number of anilines is 2. The lowest BCUT2D eigenvalue weighted by Gasteiger charge is -2.11. The molecule has 2 N–H and O–H groups in total. The van der Waals surface area contributed by atoms with Crippen LogP contribution < -0.4 is 15.4 Å². The van der Waals surface area contributed by atoms with E-state index in [1.807, 2.05) is 30.3 Å². The van der Waals surface area contributed by atoms with Crippen LogP contribution in [0.15, 0.2) is 60.9 Å². The van der Waals surface area contributed by atoms with E-state index in [0.717, 1.165) is 5.69 Å². The Morgan fingerprint density at radius 1 is 1.08 bits per heavy atom. The third-order valence-electron chi connectivity index (χ3n) is 3.63. The zero-order valence-corrected chi connectivity index (χ0v) is 14.4. The molecule has 3 rings (SSSR count). The Hall–Kier alpha value is -3.61. The normalized spacial score (nSPS) is 10.2. The molecule has 0 unspecified atom stereocenters. The van der Waals surface area contributed by atoms with Crippen molar-refractivity contribution in [2.45, 2.75) is 6.92 Å². The highest BCUT2D eigenvalue weighted by Crippen LogP contribution is 2.28. The molecule has 7 nitrogen and oxygen atoms in total. The third kappa shape index (κ3) is 3.89. The van der Waals surface area contributed by atoms with Gasteiger partial charge in [0.15, 0.2) is 0 Å². The first-order valence-corrected chi connectivity index (χ1v) is 7.94. The average Bonchev–Trinajstić information content (AvgIpc) is 3.12. The number of ether oxygens (including phenoxy) is 1. The van der Waals surface area contributed by atoms with Gasteiger partial charge in [-0.25, -0.2) is 4.68 Å². The van der Waals surface area contributed by atoms with Gasteiger partial charge in [-0.15, -0.1) is 0 Å². The monoisotopic (exact) mass is 350 g/mol. The Balaban J connectivity index is 1.78. The Morgan fingerprint density at radius 3 is 2.54 bits per heavy atom. The number of carbonyl (C=O) groups is 2. The number of methoxy groups -OCH3 is 1. The number of amides is 2. The summed E-state index contributed by atoms with van der Waals surface area (Å²) in [6.45, 7) is 1.41. The Bertz CT molecular complexity index is 935. The summed E-state index contributed by atoms with van der Waals surface area (Å²) in [6.07, 6.45) is 3.16. The van der Waals surface area contributed by atoms with Crippen molar-refractivity contribution in [2.24, 2.45) is 0 Å². The van der Waals surface area contributed by atoms with Gasteiger partial charge in [0, 0.05) is 18.8 Å². The van der Waals surface area contributed by atoms with E-state index < -0.39 is 0 Å². The van der Waals surface area contributed by atoms with E-state index in [2.05, 4.69) is 15.7 Å². The molecule has 132 valence electrons. The van der Waals surface area contributed by atoms with Gasteiger partial charge in [-0.3, -0.25) is 9.59 Å². The van der Waals surface area contributed by atoms with Crippen LogP contribution in [0.4, 0.5) is 11.4 Å². The highest BCUT2D eigenvalue weighted by atomic mass is 16.5. The van der Waals surface area contributed by atoms with Crippen LogP contribution in [-0.4, -0.2) is 28.7 Å². The van der Waals surface area contributed by atoms with Gasteiger partial charge in [-0.05, 0) is 30.3 Å². The molecule has 0 spiro atoms. The van der Waals surface area contributed by atoms with Crippen LogP contribution in [0.2, 0.25) is 0 Å². The van der Waals surface area contributed by atoms with Crippen molar-refractivity contribution < 1.29 is 14.3 Å². The van der Waals surface area contributed by atoms with Gasteiger partial charge in [-0.1, -0.05) is 18.2 Å². The molecule has 0 bridgehead atoms. The summed E-state index contributed by atoms with van der Waals surface area (Å²) in [5.74, 6) is -0.0165. The predicted molar refractivity (Wildman–Crippen MR) is 98.8 cm³/mol. The zero-order chi connectivity index (χ0) is 18.5. The molecule has 7 heteroatoms. The van der Waals surface area contributed by atoms with E-state index in [1.165, 1.54) is 20.2 Å². The Kier molecular flexibility index (Phi) is 4.98. The van der Waals surface area contributed by atoms with E-state index in [1.54, 1.807) is 29.1 Å². The average molecular weight is 350 g/mol. The zero-order valence-electron chi connectivity index (χ0n) is 14.4. The molecular formula is C19H18N4O3. The molecule has 2 amide bonds. The molecule has 26 heavy (non-hydrogen) atoms. The summed E-state index contributed by atoms with van der Waals surface area (Å²) in [5, 5.41) is 9.67. The molecule has 3 aromatic rings. The number of aromatic nitrogens is 2. The smallest absolute Gasteiger partial charge is 0.258 e. The van der Waals surface area contributed by atoms with E-state index in [0.29, 0.717) is 22.7 Å². The molecule has 0 saturated heterocycles. The first kappa shape index (κ1) is 17.2. The second-order valence-corrected chi connectivity index (χ2v) is 5.56. The number of benzene rings is 2. The van der Waals surface area contributed by atoms with E-state index in [9.17, 15) is 9.59 Å². The largest absolute Gasteiger partial charge is 0.495 e. The highest BCUT2D eigenvalue weighted by molar-refractivity contribution is 6.04. The first-order valence-electron chi connectivity index (χ1n) is 7.94. The maximum atomic E-state index is 12.5. The van der Waals surface area contributed by atoms with Crippen molar-refractivity contribution in [1.29, 1.82) is 0 Å². The summed E-state index contributed by atoms with van der Waals surface area (Å²) in [7, 11) is 1.51. The van der Waals surface area contributed by atoms with E-state index in [-0.39, 0.29) is 11.8 Å². The van der Waals surface area contributed by atoms with Crippen LogP contribution in [0.3, 0.4) is 0 Å². The lowest BCUT2D eigenvalue weighted by molar-refractivity contribution is -0.114. The van der Waals surface area contributed by atoms with Gasteiger partial charge in [0.1, 0.15) is 5.75 Å². The number of carbonyl (C=O) groups excluding carboxylic acids is 2. The topological polar surface area (TPSA) is 85.2 Å². The fraction of sp³-hybridized carbons (Fsp3) is 0.105. The van der Waals surface area contributed by atoms with Crippen molar-refractivity contribution in [3.63, 3.8) is 0 Å². The minimum Gasteiger partial charge on any atom is -0.495 e. The van der Waals surface area contributed by atoms with Crippen LogP contribution in [0.25, 0.3) is 5.69 Å². The molecule has 2 aromatic carbocycles. The lowest BCUT2D eigenvalue weighted by atomic mass is 10.2. The van der Waals surface area contributed by atoms with Crippen molar-refractivity contribution >= 4 is 23.2 Å². The molecule has 1 heterocycles. The molecule has 0 aliphatic rings. The van der Waals surface area contributed by atoms with Crippen molar-refractivity contribution in [1.82, 2.24) is 9.78 Å². The van der Waals surface area contributed by atoms with Gasteiger partial charge < -0.3 is 15.4 Å². The van der Waals surface area contributed by atoms with Crippen molar-refractivity contribution in [2.75, 3.05) is 17.7 Å². The number of nitrogens with zero attached hydrogens (tertiary/aromatic N) is 2. The maximum Gasteiger partial charge on any atom is 0.258 e. The van der Waals surface area contributed by atoms with Crippen molar-refractivity contribution in [3.8, 4) is 11.4 Å². The number of rotatable bonds is 5. The molecule has 0 fully saturated rings. The Morgan fingerprint density at radius 2 is 1.85 bits per heavy atom. The number of hydrogen-bond donors (Lipinski definition) is 2. The van der Waals surface area contributed by atoms with E-state index >= 15 is 0 Å². The highest BCUT2D eigenvalue weighted by Gasteiger charge is 2.12. The maximum absolute atomic E-state index is 12.5. The fourth-order valence-corrected chi connectivity index (χ4v) is 2.44. The summed E-state index contributed by atoms with van der Waals surface area (Å²) in [6, 6.07) is 14.5. The Labute approximate surface area is 150 Å². The standard InChI is InChI=1S/C19H18N4O3/c1-13(24)21-17-10-15(8-9-18(17)26-2)22-19(25)14-11-20-23(12-14)16-6-4-3-5-7-16/h3-12H,1-2H3,(H,21,24)(H,22,25). The predicted octanol–water partition coefficient (Wildman–Crippen LogP) is 3.09. The number of para-hydroxylation sites is 1. The quantitative estimate of drug-likeness (QED) is 0.740. The number of nitrogens with one attached hydrogen (secondary N) is 2. The second kappa shape index (κ2) is 7.52. The fourth-order valence-electron chi connectivity index (χ4n) is 2.44. The summed E-state index contributed by atoms with van der Waals surface area (Å²) in [5.41, 5.74) is 2.31. The second-order valence-electron chi connectivity index (χ2n) is 5.56. The summed E-state index contributed by atoms with van der Waals surface area (Å²) >= 11 is 0. The molecule has 0 aliphatic carbocycles. The van der Waals surface area contributed by atoms with Gasteiger partial charge in [-0.2, -0.15) is 5.10 Å². The minimum atomic E-state index is -0.300. The number of hydrogen-bond acceptors (Lipinski definition) is 4. The molecule has 0 saturated carbocycles. The lowest BCUT2D eigenvalue weighted by Crippen LogP contribution is -2.12. The van der Waals surface area contributed by atoms with Gasteiger partial charge in [0.05, 0.1) is 30.2 Å². The van der Waals surface area contributed by atoms with Crippen LogP contribution in [0.1, 0.15) is 17.3 Å². The third-order valence-corrected chi connectivity index (χ3v) is 3.63. The van der Waals surface area contributed by atoms with Gasteiger partial charge >= 0.3 is 0 Å². The first-order chi connectivity index (χ1) is 12.6. The molecular weight excluding hydrogens is 332 g/mol. The molecule has 1 aromatic heterocycles. The van der Waals surface area contributed by atoms with Gasteiger partial charge in [0.2, 0.25) is 5.91 Å². The van der Waals surface area contributed by atoms with Crippen LogP contribution in [0, 0.1) is 0 Å². The van der Waals surface area contributed by atoms with Crippen molar-refractivity contribution in [3.05, 3.63) is 66.5 Å². The van der Waals surface area contributed by atoms with Crippen LogP contribution in [0.5, 0.6) is 5.75 Å². The van der Waals surface area contributed by atoms with E-state index in [4.69, 9.17) is 4.74 Å². The summed E-state index contributed by atoms with van der Waals surface area (Å²) in [4.78, 5) is 23.8. The minimum absolute atomic E-state index is 0.226. The molecule has 0 aliphatic heterocycles.